The lowest BCUT2D eigenvalue weighted by Gasteiger charge is -2.07. The smallest absolute Gasteiger partial charge is 0.229 e. The van der Waals surface area contributed by atoms with E-state index in [4.69, 9.17) is 5.73 Å². The van der Waals surface area contributed by atoms with Crippen LogP contribution in [0, 0.1) is 0 Å². The number of rotatable bonds is 11. The molecule has 0 unspecified atom stereocenters. The van der Waals surface area contributed by atoms with E-state index in [-0.39, 0.29) is 29.9 Å². The molecule has 0 saturated heterocycles. The minimum atomic E-state index is -0.760. The molecule has 120 valence electrons. The van der Waals surface area contributed by atoms with E-state index >= 15 is 0 Å². The maximum atomic E-state index is 11.6. The van der Waals surface area contributed by atoms with Gasteiger partial charge in [-0.15, -0.1) is 0 Å². The summed E-state index contributed by atoms with van der Waals surface area (Å²) < 4.78 is 0. The van der Waals surface area contributed by atoms with Crippen LogP contribution in [0.5, 0.6) is 5.75 Å². The maximum absolute atomic E-state index is 11.6. The molecule has 0 aliphatic carbocycles. The molecule has 1 rings (SSSR count). The normalized spacial score (nSPS) is 10.4. The Morgan fingerprint density at radius 2 is 2.00 bits per heavy atom. The van der Waals surface area contributed by atoms with E-state index in [0.717, 1.165) is 24.8 Å². The fraction of sp³-hybridized carbons (Fsp3) is 0.438. The number of Topliss-reactive ketones (excluding diaryl/α,β-unsaturated/α-hetero) is 2. The number of hydrogen-bond donors (Lipinski definition) is 3. The SMILES string of the molecule is NCCCCCC(=O)CNCc1ccc(C(=O)C=O)c(O)c1. The molecule has 0 spiro atoms. The van der Waals surface area contributed by atoms with Crippen molar-refractivity contribution in [3.63, 3.8) is 0 Å². The third-order valence-electron chi connectivity index (χ3n) is 3.25. The quantitative estimate of drug-likeness (QED) is 0.243. The third-order valence-corrected chi connectivity index (χ3v) is 3.25. The van der Waals surface area contributed by atoms with Crippen LogP contribution in [0.15, 0.2) is 18.2 Å². The predicted molar refractivity (Wildman–Crippen MR) is 82.7 cm³/mol. The fourth-order valence-electron chi connectivity index (χ4n) is 2.04. The minimum absolute atomic E-state index is 0.0188. The fourth-order valence-corrected chi connectivity index (χ4v) is 2.04. The van der Waals surface area contributed by atoms with Crippen LogP contribution < -0.4 is 11.1 Å². The van der Waals surface area contributed by atoms with Crippen molar-refractivity contribution in [1.82, 2.24) is 5.32 Å². The Morgan fingerprint density at radius 3 is 2.64 bits per heavy atom. The van der Waals surface area contributed by atoms with E-state index in [1.165, 1.54) is 12.1 Å². The lowest BCUT2D eigenvalue weighted by Crippen LogP contribution is -2.22. The van der Waals surface area contributed by atoms with Crippen molar-refractivity contribution in [1.29, 1.82) is 0 Å². The first kappa shape index (κ1) is 18.0. The third kappa shape index (κ3) is 6.15. The average molecular weight is 306 g/mol. The molecule has 6 heteroatoms. The molecule has 0 saturated carbocycles. The Hall–Kier alpha value is -2.05. The molecule has 0 amide bonds. The van der Waals surface area contributed by atoms with Gasteiger partial charge in [-0.3, -0.25) is 14.4 Å². The maximum Gasteiger partial charge on any atom is 0.229 e. The van der Waals surface area contributed by atoms with Crippen molar-refractivity contribution < 1.29 is 19.5 Å². The zero-order valence-corrected chi connectivity index (χ0v) is 12.5. The van der Waals surface area contributed by atoms with Crippen molar-refractivity contribution >= 4 is 17.9 Å². The van der Waals surface area contributed by atoms with Gasteiger partial charge in [-0.1, -0.05) is 12.5 Å². The number of phenols is 1. The summed E-state index contributed by atoms with van der Waals surface area (Å²) in [5.74, 6) is -0.858. The van der Waals surface area contributed by atoms with Gasteiger partial charge in [-0.05, 0) is 37.1 Å². The van der Waals surface area contributed by atoms with Crippen LogP contribution in [-0.2, 0) is 16.1 Å². The number of carbonyl (C=O) groups is 3. The highest BCUT2D eigenvalue weighted by Crippen LogP contribution is 2.18. The molecule has 0 fully saturated rings. The molecule has 0 aliphatic rings. The molecule has 6 nitrogen and oxygen atoms in total. The standard InChI is InChI=1S/C16H22N2O4/c17-7-3-1-2-4-13(20)10-18-9-12-5-6-14(15(21)8-12)16(22)11-19/h5-6,8,11,18,21H,1-4,7,9-10,17H2. The second-order valence-corrected chi connectivity index (χ2v) is 5.08. The Labute approximate surface area is 129 Å². The van der Waals surface area contributed by atoms with E-state index in [9.17, 15) is 19.5 Å². The summed E-state index contributed by atoms with van der Waals surface area (Å²) in [5.41, 5.74) is 6.10. The highest BCUT2D eigenvalue weighted by atomic mass is 16.3. The van der Waals surface area contributed by atoms with Crippen LogP contribution >= 0.6 is 0 Å². The number of unbranched alkanes of at least 4 members (excludes halogenated alkanes) is 2. The van der Waals surface area contributed by atoms with Crippen LogP contribution in [-0.4, -0.2) is 36.0 Å². The van der Waals surface area contributed by atoms with E-state index in [0.29, 0.717) is 19.5 Å². The van der Waals surface area contributed by atoms with Crippen molar-refractivity contribution in [2.75, 3.05) is 13.1 Å². The van der Waals surface area contributed by atoms with E-state index < -0.39 is 5.78 Å². The minimum Gasteiger partial charge on any atom is -0.507 e. The number of aromatic hydroxyl groups is 1. The van der Waals surface area contributed by atoms with Crippen molar-refractivity contribution in [3.8, 4) is 5.75 Å². The van der Waals surface area contributed by atoms with Gasteiger partial charge < -0.3 is 16.2 Å². The molecule has 0 heterocycles. The lowest BCUT2D eigenvalue weighted by molar-refractivity contribution is -0.118. The summed E-state index contributed by atoms with van der Waals surface area (Å²) in [4.78, 5) is 33.2. The molecule has 0 aromatic heterocycles. The highest BCUT2D eigenvalue weighted by Gasteiger charge is 2.10. The van der Waals surface area contributed by atoms with Crippen LogP contribution in [0.1, 0.15) is 41.6 Å². The largest absolute Gasteiger partial charge is 0.507 e. The summed E-state index contributed by atoms with van der Waals surface area (Å²) in [6.07, 6.45) is 3.44. The number of ketones is 2. The molecule has 0 bridgehead atoms. The van der Waals surface area contributed by atoms with Gasteiger partial charge in [-0.25, -0.2) is 0 Å². The zero-order valence-electron chi connectivity index (χ0n) is 12.5. The number of aldehydes is 1. The van der Waals surface area contributed by atoms with E-state index in [2.05, 4.69) is 5.32 Å². The van der Waals surface area contributed by atoms with Crippen molar-refractivity contribution in [3.05, 3.63) is 29.3 Å². The van der Waals surface area contributed by atoms with Gasteiger partial charge in [0.15, 0.2) is 6.29 Å². The predicted octanol–water partition coefficient (Wildman–Crippen LogP) is 0.952. The average Bonchev–Trinajstić information content (AvgIpc) is 2.51. The molecule has 1 aromatic rings. The molecule has 0 atom stereocenters. The second-order valence-electron chi connectivity index (χ2n) is 5.08. The van der Waals surface area contributed by atoms with Crippen molar-refractivity contribution in [2.45, 2.75) is 32.2 Å². The Morgan fingerprint density at radius 1 is 1.23 bits per heavy atom. The topological polar surface area (TPSA) is 109 Å². The van der Waals surface area contributed by atoms with Gasteiger partial charge in [0.2, 0.25) is 5.78 Å². The number of carbonyl (C=O) groups excluding carboxylic acids is 3. The van der Waals surface area contributed by atoms with Gasteiger partial charge in [0.1, 0.15) is 11.5 Å². The Kier molecular flexibility index (Phi) is 8.03. The Bertz CT molecular complexity index is 529. The van der Waals surface area contributed by atoms with Crippen LogP contribution in [0.4, 0.5) is 0 Å². The molecule has 0 radical (unpaired) electrons. The number of phenolic OH excluding ortho intramolecular Hbond substituents is 1. The van der Waals surface area contributed by atoms with Gasteiger partial charge >= 0.3 is 0 Å². The first-order chi connectivity index (χ1) is 10.6. The van der Waals surface area contributed by atoms with Crippen LogP contribution in [0.25, 0.3) is 0 Å². The number of nitrogens with two attached hydrogens (primary N) is 1. The zero-order chi connectivity index (χ0) is 16.4. The Balaban J connectivity index is 2.36. The molecule has 1 aromatic carbocycles. The number of benzene rings is 1. The van der Waals surface area contributed by atoms with Crippen molar-refractivity contribution in [2.24, 2.45) is 5.73 Å². The molecular formula is C16H22N2O4. The summed E-state index contributed by atoms with van der Waals surface area (Å²) in [5, 5.41) is 12.7. The van der Waals surface area contributed by atoms with Gasteiger partial charge in [0, 0.05) is 13.0 Å². The number of nitrogens with one attached hydrogen (secondary N) is 1. The van der Waals surface area contributed by atoms with Gasteiger partial charge in [0.25, 0.3) is 0 Å². The van der Waals surface area contributed by atoms with Crippen LogP contribution in [0.3, 0.4) is 0 Å². The van der Waals surface area contributed by atoms with E-state index in [1.54, 1.807) is 6.07 Å². The molecular weight excluding hydrogens is 284 g/mol. The first-order valence-corrected chi connectivity index (χ1v) is 7.32. The summed E-state index contributed by atoms with van der Waals surface area (Å²) >= 11 is 0. The number of hydrogen-bond acceptors (Lipinski definition) is 6. The summed E-state index contributed by atoms with van der Waals surface area (Å²) in [7, 11) is 0. The van der Waals surface area contributed by atoms with E-state index in [1.807, 2.05) is 0 Å². The summed E-state index contributed by atoms with van der Waals surface area (Å²) in [6, 6.07) is 4.45. The molecule has 22 heavy (non-hydrogen) atoms. The lowest BCUT2D eigenvalue weighted by atomic mass is 10.1. The molecule has 0 aliphatic heterocycles. The highest BCUT2D eigenvalue weighted by molar-refractivity contribution is 6.34. The molecule has 4 N–H and O–H groups in total. The summed E-state index contributed by atoms with van der Waals surface area (Å²) in [6.45, 7) is 1.31. The van der Waals surface area contributed by atoms with Crippen LogP contribution in [0.2, 0.25) is 0 Å². The first-order valence-electron chi connectivity index (χ1n) is 7.32. The monoisotopic (exact) mass is 306 g/mol. The second kappa shape index (κ2) is 9.81. The van der Waals surface area contributed by atoms with Gasteiger partial charge in [-0.2, -0.15) is 0 Å². The van der Waals surface area contributed by atoms with Gasteiger partial charge in [0.05, 0.1) is 12.1 Å².